The molecule has 0 saturated carbocycles. The molecule has 0 amide bonds. The maximum atomic E-state index is 14.1. The van der Waals surface area contributed by atoms with Crippen molar-refractivity contribution in [2.45, 2.75) is 38.8 Å². The molecule has 0 spiro atoms. The van der Waals surface area contributed by atoms with E-state index in [-0.39, 0.29) is 11.9 Å². The smallest absolute Gasteiger partial charge is 0.258 e. The first-order valence-corrected chi connectivity index (χ1v) is 11.5. The van der Waals surface area contributed by atoms with E-state index in [4.69, 9.17) is 26.5 Å². The summed E-state index contributed by atoms with van der Waals surface area (Å²) in [6.07, 6.45) is 2.15. The van der Waals surface area contributed by atoms with Gasteiger partial charge >= 0.3 is 0 Å². The van der Waals surface area contributed by atoms with Crippen LogP contribution < -0.4 is 5.32 Å². The Labute approximate surface area is 197 Å². The topological polar surface area (TPSA) is 63.4 Å². The summed E-state index contributed by atoms with van der Waals surface area (Å²) < 4.78 is 25.7. The van der Waals surface area contributed by atoms with Gasteiger partial charge in [-0.3, -0.25) is 0 Å². The number of allylic oxidation sites excluding steroid dienone is 1. The van der Waals surface area contributed by atoms with Crippen molar-refractivity contribution in [3.05, 3.63) is 77.1 Å². The van der Waals surface area contributed by atoms with Crippen molar-refractivity contribution in [1.82, 2.24) is 20.4 Å². The number of nitrogens with one attached hydrogen (secondary N) is 1. The van der Waals surface area contributed by atoms with Gasteiger partial charge in [-0.1, -0.05) is 41.1 Å². The van der Waals surface area contributed by atoms with Crippen molar-refractivity contribution in [2.75, 3.05) is 13.2 Å². The van der Waals surface area contributed by atoms with Crippen LogP contribution in [0.2, 0.25) is 0 Å². The van der Waals surface area contributed by atoms with Gasteiger partial charge < -0.3 is 19.5 Å². The van der Waals surface area contributed by atoms with Crippen molar-refractivity contribution in [3.63, 3.8) is 0 Å². The first-order chi connectivity index (χ1) is 16.0. The van der Waals surface area contributed by atoms with Crippen LogP contribution in [0.5, 0.6) is 0 Å². The minimum atomic E-state index is -0.417. The Hall–Kier alpha value is -3.10. The average molecular weight is 465 g/mol. The lowest BCUT2D eigenvalue weighted by atomic mass is 9.94. The fourth-order valence-corrected chi connectivity index (χ4v) is 4.77. The minimum absolute atomic E-state index is 0.109. The molecule has 3 heterocycles. The second-order valence-electron chi connectivity index (χ2n) is 8.47. The van der Waals surface area contributed by atoms with Crippen LogP contribution in [0.15, 0.2) is 58.8 Å². The first kappa shape index (κ1) is 21.7. The SMILES string of the molecule is CC1=C(c2nc(-c3cccc(C)c3)no2)C(c2cccc(F)c2)NC(=S)N1CC1CCCO1. The lowest BCUT2D eigenvalue weighted by Crippen LogP contribution is -2.48. The van der Waals surface area contributed by atoms with Crippen molar-refractivity contribution < 1.29 is 13.7 Å². The third-order valence-electron chi connectivity index (χ3n) is 6.12. The zero-order valence-electron chi connectivity index (χ0n) is 18.5. The van der Waals surface area contributed by atoms with E-state index in [1.807, 2.05) is 49.1 Å². The largest absolute Gasteiger partial charge is 0.376 e. The Morgan fingerprint density at radius 1 is 1.18 bits per heavy atom. The van der Waals surface area contributed by atoms with Gasteiger partial charge in [0, 0.05) is 17.9 Å². The van der Waals surface area contributed by atoms with Gasteiger partial charge in [0.25, 0.3) is 5.89 Å². The normalized spacial score (nSPS) is 20.9. The molecular formula is C25H25FN4O2S. The Kier molecular flexibility index (Phi) is 5.95. The lowest BCUT2D eigenvalue weighted by Gasteiger charge is -2.38. The standard InChI is InChI=1S/C25H25FN4O2S/c1-15-6-3-8-18(12-15)23-28-24(32-29-23)21-16(2)30(14-20-10-5-11-31-20)25(33)27-22(21)17-7-4-9-19(26)13-17/h3-4,6-9,12-13,20,22H,5,10-11,14H2,1-2H3,(H,27,33). The third-order valence-corrected chi connectivity index (χ3v) is 6.46. The van der Waals surface area contributed by atoms with Crippen LogP contribution >= 0.6 is 12.2 Å². The molecule has 33 heavy (non-hydrogen) atoms. The Morgan fingerprint density at radius 3 is 2.79 bits per heavy atom. The molecule has 2 aromatic carbocycles. The van der Waals surface area contributed by atoms with Crippen LogP contribution in [0.4, 0.5) is 4.39 Å². The first-order valence-electron chi connectivity index (χ1n) is 11.1. The summed E-state index contributed by atoms with van der Waals surface area (Å²) in [5, 5.41) is 8.17. The van der Waals surface area contributed by atoms with Gasteiger partial charge in [-0.25, -0.2) is 4.39 Å². The fraction of sp³-hybridized carbons (Fsp3) is 0.320. The highest BCUT2D eigenvalue weighted by Crippen LogP contribution is 2.38. The lowest BCUT2D eigenvalue weighted by molar-refractivity contribution is 0.0962. The Morgan fingerprint density at radius 2 is 2.03 bits per heavy atom. The summed E-state index contributed by atoms with van der Waals surface area (Å²) in [5.74, 6) is 0.571. The van der Waals surface area contributed by atoms with Crippen LogP contribution in [-0.2, 0) is 4.74 Å². The zero-order valence-corrected chi connectivity index (χ0v) is 19.4. The van der Waals surface area contributed by atoms with E-state index in [0.717, 1.165) is 47.4 Å². The van der Waals surface area contributed by atoms with Crippen LogP contribution in [0.1, 0.15) is 42.8 Å². The second-order valence-corrected chi connectivity index (χ2v) is 8.86. The van der Waals surface area contributed by atoms with E-state index in [0.29, 0.717) is 23.4 Å². The van der Waals surface area contributed by atoms with Gasteiger partial charge in [0.1, 0.15) is 5.82 Å². The van der Waals surface area contributed by atoms with Crippen LogP contribution in [0.25, 0.3) is 17.0 Å². The number of rotatable bonds is 5. The number of ether oxygens (including phenoxy) is 1. The van der Waals surface area contributed by atoms with Crippen molar-refractivity contribution in [3.8, 4) is 11.4 Å². The zero-order chi connectivity index (χ0) is 22.9. The molecule has 0 bridgehead atoms. The number of benzene rings is 2. The van der Waals surface area contributed by atoms with E-state index >= 15 is 0 Å². The molecule has 6 nitrogen and oxygen atoms in total. The van der Waals surface area contributed by atoms with Crippen molar-refractivity contribution in [1.29, 1.82) is 0 Å². The molecule has 5 rings (SSSR count). The Balaban J connectivity index is 1.58. The maximum absolute atomic E-state index is 14.1. The molecule has 0 aliphatic carbocycles. The average Bonchev–Trinajstić information content (AvgIpc) is 3.49. The molecule has 2 aliphatic rings. The number of aromatic nitrogens is 2. The molecule has 8 heteroatoms. The summed E-state index contributed by atoms with van der Waals surface area (Å²) in [4.78, 5) is 6.74. The third kappa shape index (κ3) is 4.41. The van der Waals surface area contributed by atoms with Gasteiger partial charge in [0.15, 0.2) is 5.11 Å². The summed E-state index contributed by atoms with van der Waals surface area (Å²) in [6, 6.07) is 14.0. The van der Waals surface area contributed by atoms with Crippen LogP contribution in [0.3, 0.4) is 0 Å². The molecule has 170 valence electrons. The summed E-state index contributed by atoms with van der Waals surface area (Å²) in [7, 11) is 0. The van der Waals surface area contributed by atoms with Crippen molar-refractivity contribution in [2.24, 2.45) is 0 Å². The summed E-state index contributed by atoms with van der Waals surface area (Å²) in [5.41, 5.74) is 4.39. The number of halogens is 1. The van der Waals surface area contributed by atoms with E-state index in [2.05, 4.69) is 10.5 Å². The molecule has 1 saturated heterocycles. The van der Waals surface area contributed by atoms with Gasteiger partial charge in [0.2, 0.25) is 5.82 Å². The van der Waals surface area contributed by atoms with Gasteiger partial charge in [-0.05, 0) is 62.7 Å². The fourth-order valence-electron chi connectivity index (χ4n) is 4.44. The Bertz CT molecular complexity index is 1220. The van der Waals surface area contributed by atoms with E-state index in [9.17, 15) is 4.39 Å². The quantitative estimate of drug-likeness (QED) is 0.532. The maximum Gasteiger partial charge on any atom is 0.258 e. The summed E-state index contributed by atoms with van der Waals surface area (Å²) in [6.45, 7) is 5.41. The van der Waals surface area contributed by atoms with Gasteiger partial charge in [0.05, 0.1) is 24.3 Å². The molecule has 1 fully saturated rings. The molecular weight excluding hydrogens is 439 g/mol. The monoisotopic (exact) mass is 464 g/mol. The highest BCUT2D eigenvalue weighted by Gasteiger charge is 2.35. The highest BCUT2D eigenvalue weighted by molar-refractivity contribution is 7.80. The number of hydrogen-bond donors (Lipinski definition) is 1. The minimum Gasteiger partial charge on any atom is -0.376 e. The number of hydrogen-bond acceptors (Lipinski definition) is 5. The summed E-state index contributed by atoms with van der Waals surface area (Å²) >= 11 is 5.71. The van der Waals surface area contributed by atoms with Crippen LogP contribution in [-0.4, -0.2) is 39.4 Å². The molecule has 2 aliphatic heterocycles. The molecule has 2 atom stereocenters. The predicted molar refractivity (Wildman–Crippen MR) is 128 cm³/mol. The van der Waals surface area contributed by atoms with E-state index in [1.165, 1.54) is 12.1 Å². The number of aryl methyl sites for hydroxylation is 1. The van der Waals surface area contributed by atoms with Crippen molar-refractivity contribution >= 4 is 22.9 Å². The molecule has 3 aromatic rings. The molecule has 2 unspecified atom stereocenters. The second kappa shape index (κ2) is 9.03. The highest BCUT2D eigenvalue weighted by atomic mass is 32.1. The van der Waals surface area contributed by atoms with Crippen LogP contribution in [0, 0.1) is 12.7 Å². The van der Waals surface area contributed by atoms with E-state index < -0.39 is 6.04 Å². The van der Waals surface area contributed by atoms with E-state index in [1.54, 1.807) is 6.07 Å². The molecule has 1 aromatic heterocycles. The van der Waals surface area contributed by atoms with Gasteiger partial charge in [-0.15, -0.1) is 0 Å². The molecule has 0 radical (unpaired) electrons. The van der Waals surface area contributed by atoms with Gasteiger partial charge in [-0.2, -0.15) is 4.98 Å². The predicted octanol–water partition coefficient (Wildman–Crippen LogP) is 5.03. The number of nitrogens with zero attached hydrogens (tertiary/aromatic N) is 3. The number of thiocarbonyl (C=S) groups is 1. The molecule has 1 N–H and O–H groups in total.